The molecule has 0 saturated carbocycles. The van der Waals surface area contributed by atoms with Gasteiger partial charge < -0.3 is 4.89 Å². The average molecular weight is 251 g/mol. The van der Waals surface area contributed by atoms with Crippen LogP contribution in [0.5, 0.6) is 0 Å². The highest BCUT2D eigenvalue weighted by Crippen LogP contribution is 2.36. The highest BCUT2D eigenvalue weighted by Gasteiger charge is 2.24. The van der Waals surface area contributed by atoms with Gasteiger partial charge in [-0.25, -0.2) is 10.2 Å². The predicted octanol–water partition coefficient (Wildman–Crippen LogP) is 4.74. The monoisotopic (exact) mass is 251 g/mol. The number of aliphatic imine (C=N–C) groups is 1. The summed E-state index contributed by atoms with van der Waals surface area (Å²) in [5, 5.41) is 8.56. The van der Waals surface area contributed by atoms with Crippen molar-refractivity contribution in [3.63, 3.8) is 0 Å². The summed E-state index contributed by atoms with van der Waals surface area (Å²) in [4.78, 5) is 8.12. The van der Waals surface area contributed by atoms with E-state index >= 15 is 0 Å². The summed E-state index contributed by atoms with van der Waals surface area (Å²) in [5.41, 5.74) is 1.11. The van der Waals surface area contributed by atoms with Crippen molar-refractivity contribution in [3.05, 3.63) is 37.1 Å². The van der Waals surface area contributed by atoms with Gasteiger partial charge in [-0.2, -0.15) is 0 Å². The Balaban J connectivity index is 5.13. The zero-order chi connectivity index (χ0) is 14.0. The van der Waals surface area contributed by atoms with Crippen LogP contribution in [0.4, 0.5) is 0 Å². The lowest BCUT2D eigenvalue weighted by Gasteiger charge is -2.29. The van der Waals surface area contributed by atoms with Gasteiger partial charge in [-0.3, -0.25) is 0 Å². The Kier molecular flexibility index (Phi) is 8.05. The van der Waals surface area contributed by atoms with Crippen LogP contribution in [0.1, 0.15) is 46.5 Å². The molecular weight excluding hydrogens is 226 g/mol. The van der Waals surface area contributed by atoms with E-state index in [4.69, 9.17) is 5.26 Å². The first-order valence-corrected chi connectivity index (χ1v) is 6.42. The van der Waals surface area contributed by atoms with Crippen LogP contribution in [-0.4, -0.2) is 11.2 Å². The predicted molar refractivity (Wildman–Crippen MR) is 77.5 cm³/mol. The molecule has 0 aromatic carbocycles. The van der Waals surface area contributed by atoms with Gasteiger partial charge in [0.2, 0.25) is 0 Å². The molecule has 0 fully saturated rings. The van der Waals surface area contributed by atoms with E-state index in [0.29, 0.717) is 0 Å². The van der Waals surface area contributed by atoms with Crippen LogP contribution in [-0.2, 0) is 4.89 Å². The molecule has 0 aromatic heterocycles. The van der Waals surface area contributed by atoms with E-state index in [1.54, 1.807) is 6.20 Å². The van der Waals surface area contributed by atoms with Gasteiger partial charge in [-0.15, -0.1) is 0 Å². The van der Waals surface area contributed by atoms with Crippen LogP contribution in [0.15, 0.2) is 42.1 Å². The van der Waals surface area contributed by atoms with Gasteiger partial charge in [0.05, 0.1) is 0 Å². The number of nitrogens with zero attached hydrogens (tertiary/aromatic N) is 1. The third-order valence-electron chi connectivity index (χ3n) is 3.38. The van der Waals surface area contributed by atoms with E-state index in [1.807, 2.05) is 6.08 Å². The maximum Gasteiger partial charge on any atom is 0.255 e. The summed E-state index contributed by atoms with van der Waals surface area (Å²) in [6.07, 6.45) is 9.32. The first kappa shape index (κ1) is 16.6. The quantitative estimate of drug-likeness (QED) is 0.223. The van der Waals surface area contributed by atoms with Crippen molar-refractivity contribution in [1.82, 2.24) is 0 Å². The fourth-order valence-electron chi connectivity index (χ4n) is 1.79. The van der Waals surface area contributed by atoms with Crippen LogP contribution in [0, 0.1) is 5.41 Å². The van der Waals surface area contributed by atoms with Crippen molar-refractivity contribution in [2.45, 2.75) is 46.5 Å². The summed E-state index contributed by atoms with van der Waals surface area (Å²) in [6.45, 7) is 13.9. The summed E-state index contributed by atoms with van der Waals surface area (Å²) >= 11 is 0. The fraction of sp³-hybridized carbons (Fsp3) is 0.533. The SMILES string of the molecule is C=C/C(=C\N=C(/C=C)OO)C(C)(CC)CCCC. The van der Waals surface area contributed by atoms with Gasteiger partial charge in [0.1, 0.15) is 0 Å². The zero-order valence-corrected chi connectivity index (χ0v) is 11.8. The van der Waals surface area contributed by atoms with E-state index in [1.165, 1.54) is 18.9 Å². The zero-order valence-electron chi connectivity index (χ0n) is 11.8. The largest absolute Gasteiger partial charge is 0.320 e. The van der Waals surface area contributed by atoms with Crippen molar-refractivity contribution in [2.75, 3.05) is 0 Å². The van der Waals surface area contributed by atoms with E-state index in [9.17, 15) is 0 Å². The van der Waals surface area contributed by atoms with Crippen LogP contribution in [0.3, 0.4) is 0 Å². The van der Waals surface area contributed by atoms with Crippen molar-refractivity contribution in [2.24, 2.45) is 10.4 Å². The second kappa shape index (κ2) is 8.70. The molecule has 3 nitrogen and oxygen atoms in total. The normalized spacial score (nSPS) is 16.0. The first-order chi connectivity index (χ1) is 8.57. The molecule has 0 heterocycles. The van der Waals surface area contributed by atoms with E-state index in [-0.39, 0.29) is 11.3 Å². The smallest absolute Gasteiger partial charge is 0.255 e. The molecule has 1 N–H and O–H groups in total. The number of allylic oxidation sites excluding steroid dienone is 2. The Labute approximate surface area is 111 Å². The molecule has 1 atom stereocenters. The molecule has 0 saturated heterocycles. The van der Waals surface area contributed by atoms with Crippen LogP contribution < -0.4 is 0 Å². The molecule has 0 rings (SSSR count). The second-order valence-corrected chi connectivity index (χ2v) is 4.57. The maximum absolute atomic E-state index is 8.56. The van der Waals surface area contributed by atoms with Crippen LogP contribution >= 0.6 is 0 Å². The first-order valence-electron chi connectivity index (χ1n) is 6.42. The number of rotatable bonds is 8. The maximum atomic E-state index is 8.56. The Morgan fingerprint density at radius 2 is 2.00 bits per heavy atom. The van der Waals surface area contributed by atoms with Gasteiger partial charge in [-0.1, -0.05) is 52.8 Å². The Bertz CT molecular complexity index is 331. The average Bonchev–Trinajstić information content (AvgIpc) is 2.41. The summed E-state index contributed by atoms with van der Waals surface area (Å²) in [6, 6.07) is 0. The molecule has 0 aliphatic carbocycles. The van der Waals surface area contributed by atoms with E-state index in [2.05, 4.69) is 43.8 Å². The van der Waals surface area contributed by atoms with Gasteiger partial charge in [0.25, 0.3) is 5.90 Å². The minimum absolute atomic E-state index is 0.0585. The number of unbranched alkanes of at least 4 members (excludes halogenated alkanes) is 1. The summed E-state index contributed by atoms with van der Waals surface area (Å²) < 4.78 is 0. The van der Waals surface area contributed by atoms with Crippen molar-refractivity contribution in [1.29, 1.82) is 0 Å². The fourth-order valence-corrected chi connectivity index (χ4v) is 1.79. The van der Waals surface area contributed by atoms with Gasteiger partial charge in [0, 0.05) is 6.20 Å². The molecule has 3 heteroatoms. The number of hydrogen-bond donors (Lipinski definition) is 1. The van der Waals surface area contributed by atoms with Gasteiger partial charge in [0.15, 0.2) is 0 Å². The molecule has 0 aliphatic rings. The van der Waals surface area contributed by atoms with E-state index < -0.39 is 0 Å². The molecule has 1 unspecified atom stereocenters. The highest BCUT2D eigenvalue weighted by atomic mass is 17.1. The summed E-state index contributed by atoms with van der Waals surface area (Å²) in [5.74, 6) is 0.0864. The molecule has 102 valence electrons. The van der Waals surface area contributed by atoms with Crippen molar-refractivity contribution >= 4 is 5.90 Å². The number of hydrogen-bond acceptors (Lipinski definition) is 3. The molecule has 0 radical (unpaired) electrons. The lowest BCUT2D eigenvalue weighted by Crippen LogP contribution is -2.17. The van der Waals surface area contributed by atoms with Crippen molar-refractivity contribution in [3.8, 4) is 0 Å². The Hall–Kier alpha value is -1.35. The van der Waals surface area contributed by atoms with Crippen LogP contribution in [0.25, 0.3) is 0 Å². The van der Waals surface area contributed by atoms with E-state index in [0.717, 1.165) is 18.4 Å². The van der Waals surface area contributed by atoms with Gasteiger partial charge in [-0.05, 0) is 29.9 Å². The lowest BCUT2D eigenvalue weighted by molar-refractivity contribution is -0.153. The molecule has 0 spiro atoms. The molecule has 0 aromatic rings. The van der Waals surface area contributed by atoms with Gasteiger partial charge >= 0.3 is 0 Å². The second-order valence-electron chi connectivity index (χ2n) is 4.57. The van der Waals surface area contributed by atoms with Crippen molar-refractivity contribution < 1.29 is 10.1 Å². The Morgan fingerprint density at radius 1 is 1.33 bits per heavy atom. The standard InChI is InChI=1S/C15H25NO2/c1-6-10-11-15(5,9-4)13(7-2)12-16-14(8-3)18-17/h7-8,12,17H,2-3,6,9-11H2,1,4-5H3/b13-12+,16-14+. The molecule has 0 bridgehead atoms. The minimum Gasteiger partial charge on any atom is -0.320 e. The van der Waals surface area contributed by atoms with Crippen LogP contribution in [0.2, 0.25) is 0 Å². The minimum atomic E-state index is 0.0585. The third-order valence-corrected chi connectivity index (χ3v) is 3.38. The Morgan fingerprint density at radius 3 is 2.39 bits per heavy atom. The summed E-state index contributed by atoms with van der Waals surface area (Å²) in [7, 11) is 0. The molecule has 0 amide bonds. The highest BCUT2D eigenvalue weighted by molar-refractivity contribution is 5.86. The third kappa shape index (κ3) is 4.88. The molecular formula is C15H25NO2. The topological polar surface area (TPSA) is 41.8 Å². The lowest BCUT2D eigenvalue weighted by atomic mass is 9.76. The molecule has 0 aliphatic heterocycles. The molecule has 18 heavy (non-hydrogen) atoms.